The van der Waals surface area contributed by atoms with Crippen molar-refractivity contribution in [2.75, 3.05) is 18.0 Å². The zero-order chi connectivity index (χ0) is 12.1. The van der Waals surface area contributed by atoms with Crippen molar-refractivity contribution in [2.24, 2.45) is 0 Å². The lowest BCUT2D eigenvalue weighted by Crippen LogP contribution is -2.24. The Morgan fingerprint density at radius 3 is 2.50 bits per heavy atom. The van der Waals surface area contributed by atoms with E-state index in [4.69, 9.17) is 5.73 Å². The van der Waals surface area contributed by atoms with Crippen LogP contribution in [-0.2, 0) is 4.79 Å². The molecule has 3 nitrogen and oxygen atoms in total. The predicted octanol–water partition coefficient (Wildman–Crippen LogP) is 1.78. The van der Waals surface area contributed by atoms with E-state index < -0.39 is 11.6 Å². The summed E-state index contributed by atoms with van der Waals surface area (Å²) in [4.78, 5) is 10.9. The minimum atomic E-state index is -0.744. The molecule has 1 amide bonds. The third kappa shape index (κ3) is 3.37. The van der Waals surface area contributed by atoms with Crippen LogP contribution in [0.3, 0.4) is 0 Å². The molecule has 6 heteroatoms. The third-order valence-electron chi connectivity index (χ3n) is 1.74. The Hall–Kier alpha value is -1.30. The number of anilines is 1. The lowest BCUT2D eigenvalue weighted by Gasteiger charge is -2.05. The van der Waals surface area contributed by atoms with Crippen molar-refractivity contribution >= 4 is 23.4 Å². The highest BCUT2D eigenvalue weighted by molar-refractivity contribution is 8.00. The smallest absolute Gasteiger partial charge is 0.230 e. The number of rotatable bonds is 4. The highest BCUT2D eigenvalue weighted by atomic mass is 32.2. The molecule has 0 aliphatic heterocycles. The first-order chi connectivity index (χ1) is 7.54. The lowest BCUT2D eigenvalue weighted by atomic mass is 10.3. The highest BCUT2D eigenvalue weighted by Crippen LogP contribution is 2.26. The van der Waals surface area contributed by atoms with Gasteiger partial charge in [0.2, 0.25) is 5.91 Å². The normalized spacial score (nSPS) is 10.2. The van der Waals surface area contributed by atoms with Gasteiger partial charge in [0.25, 0.3) is 0 Å². The Morgan fingerprint density at radius 1 is 1.44 bits per heavy atom. The Labute approximate surface area is 96.4 Å². The molecule has 0 saturated heterocycles. The van der Waals surface area contributed by atoms with Crippen LogP contribution < -0.4 is 11.1 Å². The van der Waals surface area contributed by atoms with Gasteiger partial charge in [-0.3, -0.25) is 4.79 Å². The van der Waals surface area contributed by atoms with Crippen LogP contribution in [0.25, 0.3) is 0 Å². The molecule has 0 heterocycles. The topological polar surface area (TPSA) is 55.1 Å². The molecule has 1 aromatic rings. The Kier molecular flexibility index (Phi) is 4.54. The largest absolute Gasteiger partial charge is 0.399 e. The number of carbonyl (C=O) groups is 1. The molecular formula is C10H12F2N2OS. The molecule has 0 atom stereocenters. The van der Waals surface area contributed by atoms with Crippen molar-refractivity contribution in [2.45, 2.75) is 11.8 Å². The van der Waals surface area contributed by atoms with E-state index in [2.05, 4.69) is 5.32 Å². The summed E-state index contributed by atoms with van der Waals surface area (Å²) in [6.07, 6.45) is 0. The zero-order valence-corrected chi connectivity index (χ0v) is 9.54. The van der Waals surface area contributed by atoms with Crippen molar-refractivity contribution in [3.8, 4) is 0 Å². The number of carbonyl (C=O) groups excluding carboxylic acids is 1. The molecule has 0 aromatic heterocycles. The number of benzene rings is 1. The number of hydrogen-bond donors (Lipinski definition) is 2. The fourth-order valence-electron chi connectivity index (χ4n) is 1.10. The third-order valence-corrected chi connectivity index (χ3v) is 2.83. The molecule has 0 fully saturated rings. The number of amides is 1. The summed E-state index contributed by atoms with van der Waals surface area (Å²) in [5.74, 6) is -1.77. The first-order valence-corrected chi connectivity index (χ1v) is 5.67. The molecule has 3 N–H and O–H groups in total. The van der Waals surface area contributed by atoms with E-state index in [0.717, 1.165) is 23.9 Å². The number of nitrogen functional groups attached to an aromatic ring is 1. The van der Waals surface area contributed by atoms with Crippen molar-refractivity contribution in [3.63, 3.8) is 0 Å². The number of nitrogens with two attached hydrogens (primary N) is 1. The first kappa shape index (κ1) is 12.8. The summed E-state index contributed by atoms with van der Waals surface area (Å²) in [5.41, 5.74) is 5.29. The number of nitrogens with one attached hydrogen (secondary N) is 1. The van der Waals surface area contributed by atoms with Gasteiger partial charge in [0.05, 0.1) is 10.6 Å². The number of halogens is 2. The van der Waals surface area contributed by atoms with Gasteiger partial charge in [-0.05, 0) is 19.1 Å². The van der Waals surface area contributed by atoms with E-state index in [1.54, 1.807) is 6.92 Å². The molecule has 88 valence electrons. The molecule has 1 rings (SSSR count). The van der Waals surface area contributed by atoms with Gasteiger partial charge < -0.3 is 11.1 Å². The molecule has 0 spiro atoms. The average Bonchev–Trinajstić information content (AvgIpc) is 2.16. The molecule has 16 heavy (non-hydrogen) atoms. The number of hydrogen-bond acceptors (Lipinski definition) is 3. The van der Waals surface area contributed by atoms with Gasteiger partial charge in [-0.2, -0.15) is 0 Å². The van der Waals surface area contributed by atoms with Gasteiger partial charge in [0, 0.05) is 12.2 Å². The maximum Gasteiger partial charge on any atom is 0.230 e. The molecule has 0 saturated carbocycles. The van der Waals surface area contributed by atoms with Crippen LogP contribution in [0, 0.1) is 11.6 Å². The summed E-state index contributed by atoms with van der Waals surface area (Å²) in [6.45, 7) is 2.26. The second-order valence-electron chi connectivity index (χ2n) is 3.06. The van der Waals surface area contributed by atoms with Crippen LogP contribution in [0.4, 0.5) is 14.5 Å². The standard InChI is InChI=1S/C10H12F2N2OS/c1-2-14-9(15)5-16-10-7(11)3-6(13)4-8(10)12/h3-4H,2,5,13H2,1H3,(H,14,15). The van der Waals surface area contributed by atoms with Gasteiger partial charge in [-0.15, -0.1) is 11.8 Å². The fourth-order valence-corrected chi connectivity index (χ4v) is 1.87. The van der Waals surface area contributed by atoms with Crippen LogP contribution in [0.1, 0.15) is 6.92 Å². The van der Waals surface area contributed by atoms with E-state index in [1.165, 1.54) is 0 Å². The predicted molar refractivity (Wildman–Crippen MR) is 60.2 cm³/mol. The maximum absolute atomic E-state index is 13.3. The van der Waals surface area contributed by atoms with E-state index >= 15 is 0 Å². The van der Waals surface area contributed by atoms with E-state index in [1.807, 2.05) is 0 Å². The van der Waals surface area contributed by atoms with Gasteiger partial charge in [-0.1, -0.05) is 0 Å². The molecule has 1 aromatic carbocycles. The monoisotopic (exact) mass is 246 g/mol. The zero-order valence-electron chi connectivity index (χ0n) is 8.72. The van der Waals surface area contributed by atoms with Gasteiger partial charge in [0.15, 0.2) is 0 Å². The van der Waals surface area contributed by atoms with E-state index in [-0.39, 0.29) is 22.2 Å². The summed E-state index contributed by atoms with van der Waals surface area (Å²) >= 11 is 0.813. The van der Waals surface area contributed by atoms with Crippen LogP contribution in [0.5, 0.6) is 0 Å². The van der Waals surface area contributed by atoms with Crippen molar-refractivity contribution in [1.29, 1.82) is 0 Å². The minimum absolute atomic E-state index is 0.0222. The molecule has 0 unspecified atom stereocenters. The molecular weight excluding hydrogens is 234 g/mol. The Morgan fingerprint density at radius 2 is 2.00 bits per heavy atom. The molecule has 0 aliphatic rings. The Bertz CT molecular complexity index is 375. The summed E-state index contributed by atoms with van der Waals surface area (Å²) < 4.78 is 26.6. The van der Waals surface area contributed by atoms with Crippen LogP contribution in [0.2, 0.25) is 0 Å². The first-order valence-electron chi connectivity index (χ1n) is 4.68. The van der Waals surface area contributed by atoms with Crippen LogP contribution in [-0.4, -0.2) is 18.2 Å². The van der Waals surface area contributed by atoms with Crippen molar-refractivity contribution in [3.05, 3.63) is 23.8 Å². The fraction of sp³-hybridized carbons (Fsp3) is 0.300. The average molecular weight is 246 g/mol. The molecule has 0 bridgehead atoms. The molecule has 0 aliphatic carbocycles. The van der Waals surface area contributed by atoms with Crippen molar-refractivity contribution in [1.82, 2.24) is 5.32 Å². The van der Waals surface area contributed by atoms with Crippen molar-refractivity contribution < 1.29 is 13.6 Å². The second kappa shape index (κ2) is 5.69. The van der Waals surface area contributed by atoms with Gasteiger partial charge in [-0.25, -0.2) is 8.78 Å². The number of thioether (sulfide) groups is 1. The maximum atomic E-state index is 13.3. The van der Waals surface area contributed by atoms with E-state index in [9.17, 15) is 13.6 Å². The minimum Gasteiger partial charge on any atom is -0.399 e. The van der Waals surface area contributed by atoms with Gasteiger partial charge >= 0.3 is 0 Å². The molecule has 0 radical (unpaired) electrons. The quantitative estimate of drug-likeness (QED) is 0.629. The SMILES string of the molecule is CCNC(=O)CSc1c(F)cc(N)cc1F. The summed E-state index contributed by atoms with van der Waals surface area (Å²) in [7, 11) is 0. The second-order valence-corrected chi connectivity index (χ2v) is 4.04. The summed E-state index contributed by atoms with van der Waals surface area (Å²) in [6, 6.07) is 2.06. The Balaban J connectivity index is 2.70. The summed E-state index contributed by atoms with van der Waals surface area (Å²) in [5, 5.41) is 2.54. The highest BCUT2D eigenvalue weighted by Gasteiger charge is 2.12. The lowest BCUT2D eigenvalue weighted by molar-refractivity contribution is -0.118. The van der Waals surface area contributed by atoms with Crippen LogP contribution in [0.15, 0.2) is 17.0 Å². The van der Waals surface area contributed by atoms with Gasteiger partial charge in [0.1, 0.15) is 11.6 Å². The van der Waals surface area contributed by atoms with Crippen LogP contribution >= 0.6 is 11.8 Å². The van der Waals surface area contributed by atoms with E-state index in [0.29, 0.717) is 6.54 Å².